The quantitative estimate of drug-likeness (QED) is 0.325. The second-order valence-corrected chi connectivity index (χ2v) is 9.13. The van der Waals surface area contributed by atoms with Crippen LogP contribution >= 0.6 is 23.2 Å². The van der Waals surface area contributed by atoms with Crippen molar-refractivity contribution in [2.24, 2.45) is 0 Å². The Labute approximate surface area is 179 Å². The summed E-state index contributed by atoms with van der Waals surface area (Å²) in [5, 5.41) is 0.424. The van der Waals surface area contributed by atoms with Gasteiger partial charge in [-0.15, -0.1) is 0 Å². The lowest BCUT2D eigenvalue weighted by molar-refractivity contribution is 0.504. The number of fused-ring (bicyclic) bond motifs is 1. The lowest BCUT2D eigenvalue weighted by Gasteiger charge is -2.14. The third-order valence-electron chi connectivity index (χ3n) is 4.50. The van der Waals surface area contributed by atoms with Crippen molar-refractivity contribution in [2.75, 3.05) is 0 Å². The van der Waals surface area contributed by atoms with Crippen molar-refractivity contribution in [2.45, 2.75) is 9.79 Å². The van der Waals surface area contributed by atoms with Gasteiger partial charge in [-0.25, -0.2) is 21.6 Å². The molecule has 0 fully saturated rings. The average Bonchev–Trinajstić information content (AvgIpc) is 2.71. The van der Waals surface area contributed by atoms with Crippen molar-refractivity contribution in [3.05, 3.63) is 88.3 Å². The van der Waals surface area contributed by atoms with E-state index in [4.69, 9.17) is 23.2 Å². The highest BCUT2D eigenvalue weighted by molar-refractivity contribution is 7.91. The van der Waals surface area contributed by atoms with E-state index >= 15 is 0 Å². The van der Waals surface area contributed by atoms with Crippen molar-refractivity contribution in [1.82, 2.24) is 4.98 Å². The van der Waals surface area contributed by atoms with E-state index in [9.17, 15) is 21.6 Å². The van der Waals surface area contributed by atoms with Crippen molar-refractivity contribution in [3.63, 3.8) is 0 Å². The number of benzene rings is 3. The molecule has 0 saturated carbocycles. The van der Waals surface area contributed by atoms with E-state index in [0.29, 0.717) is 16.7 Å². The highest BCUT2D eigenvalue weighted by Crippen LogP contribution is 2.38. The molecule has 4 rings (SSSR count). The summed E-state index contributed by atoms with van der Waals surface area (Å²) in [6.07, 6.45) is 1.08. The second-order valence-electron chi connectivity index (χ2n) is 6.37. The molecule has 0 spiro atoms. The van der Waals surface area contributed by atoms with Crippen LogP contribution in [-0.2, 0) is 9.84 Å². The predicted molar refractivity (Wildman–Crippen MR) is 109 cm³/mol. The molecule has 0 aliphatic rings. The molecule has 30 heavy (non-hydrogen) atoms. The molecule has 0 radical (unpaired) electrons. The predicted octanol–water partition coefficient (Wildman–Crippen LogP) is 6.46. The summed E-state index contributed by atoms with van der Waals surface area (Å²) in [6, 6.07) is 10.8. The molecule has 3 nitrogen and oxygen atoms in total. The van der Waals surface area contributed by atoms with Gasteiger partial charge in [0.1, 0.15) is 5.82 Å². The Morgan fingerprint density at radius 2 is 1.50 bits per heavy atom. The van der Waals surface area contributed by atoms with Gasteiger partial charge >= 0.3 is 0 Å². The molecule has 0 unspecified atom stereocenters. The third kappa shape index (κ3) is 3.53. The molecule has 0 aliphatic carbocycles. The number of halogens is 5. The van der Waals surface area contributed by atoms with Gasteiger partial charge in [-0.05, 0) is 48.0 Å². The molecule has 3 aromatic carbocycles. The van der Waals surface area contributed by atoms with Gasteiger partial charge in [0.15, 0.2) is 11.6 Å². The minimum atomic E-state index is -4.34. The summed E-state index contributed by atoms with van der Waals surface area (Å²) in [5.41, 5.74) is 0.808. The van der Waals surface area contributed by atoms with Crippen LogP contribution in [-0.4, -0.2) is 13.4 Å². The fourth-order valence-corrected chi connectivity index (χ4v) is 4.79. The number of sulfone groups is 1. The van der Waals surface area contributed by atoms with Gasteiger partial charge in [-0.3, -0.25) is 4.98 Å². The van der Waals surface area contributed by atoms with E-state index in [2.05, 4.69) is 4.98 Å². The van der Waals surface area contributed by atoms with Crippen molar-refractivity contribution >= 4 is 43.9 Å². The smallest absolute Gasteiger partial charge is 0.208 e. The molecule has 0 N–H and O–H groups in total. The number of hydrogen-bond donors (Lipinski definition) is 0. The van der Waals surface area contributed by atoms with E-state index in [1.165, 1.54) is 6.07 Å². The van der Waals surface area contributed by atoms with E-state index in [-0.39, 0.29) is 26.4 Å². The van der Waals surface area contributed by atoms with E-state index < -0.39 is 32.2 Å². The number of hydrogen-bond acceptors (Lipinski definition) is 3. The largest absolute Gasteiger partial charge is 0.255 e. The minimum absolute atomic E-state index is 0.136. The van der Waals surface area contributed by atoms with Crippen molar-refractivity contribution < 1.29 is 21.6 Å². The molecule has 0 atom stereocenters. The first kappa shape index (κ1) is 20.7. The number of rotatable bonds is 3. The summed E-state index contributed by atoms with van der Waals surface area (Å²) in [7, 11) is -4.34. The lowest BCUT2D eigenvalue weighted by atomic mass is 10.0. The van der Waals surface area contributed by atoms with Gasteiger partial charge in [-0.2, -0.15) is 0 Å². The van der Waals surface area contributed by atoms with E-state index in [1.54, 1.807) is 24.3 Å². The van der Waals surface area contributed by atoms with Gasteiger partial charge < -0.3 is 0 Å². The first-order valence-electron chi connectivity index (χ1n) is 8.42. The molecule has 9 heteroatoms. The maximum absolute atomic E-state index is 14.2. The summed E-state index contributed by atoms with van der Waals surface area (Å²) in [6.45, 7) is 0. The summed E-state index contributed by atoms with van der Waals surface area (Å²) in [4.78, 5) is 3.33. The molecular formula is C21H10Cl2F3NO2S. The molecule has 0 saturated heterocycles. The fourth-order valence-electron chi connectivity index (χ4n) is 3.06. The van der Waals surface area contributed by atoms with Gasteiger partial charge in [0.2, 0.25) is 9.84 Å². The molecule has 1 aromatic heterocycles. The van der Waals surface area contributed by atoms with E-state index in [1.807, 2.05) is 0 Å². The maximum atomic E-state index is 14.2. The number of aromatic nitrogens is 1. The lowest BCUT2D eigenvalue weighted by Crippen LogP contribution is -2.07. The Morgan fingerprint density at radius 1 is 0.800 bits per heavy atom. The molecular weight excluding hydrogens is 458 g/mol. The van der Waals surface area contributed by atoms with Crippen molar-refractivity contribution in [3.8, 4) is 11.1 Å². The average molecular weight is 468 g/mol. The zero-order chi connectivity index (χ0) is 21.6. The Kier molecular flexibility index (Phi) is 5.22. The van der Waals surface area contributed by atoms with Crippen LogP contribution in [0, 0.1) is 17.5 Å². The van der Waals surface area contributed by atoms with Crippen LogP contribution in [0.4, 0.5) is 13.2 Å². The Balaban J connectivity index is 2.09. The molecule has 4 aromatic rings. The van der Waals surface area contributed by atoms with Crippen LogP contribution < -0.4 is 0 Å². The Hall–Kier alpha value is -2.61. The van der Waals surface area contributed by atoms with Gasteiger partial charge in [0, 0.05) is 22.2 Å². The minimum Gasteiger partial charge on any atom is -0.255 e. The highest BCUT2D eigenvalue weighted by atomic mass is 35.5. The Bertz CT molecular complexity index is 1410. The van der Waals surface area contributed by atoms with Gasteiger partial charge in [0.25, 0.3) is 0 Å². The van der Waals surface area contributed by atoms with Crippen LogP contribution in [0.1, 0.15) is 0 Å². The van der Waals surface area contributed by atoms with Crippen LogP contribution in [0.3, 0.4) is 0 Å². The zero-order valence-electron chi connectivity index (χ0n) is 14.8. The van der Waals surface area contributed by atoms with Crippen LogP contribution in [0.5, 0.6) is 0 Å². The summed E-state index contributed by atoms with van der Waals surface area (Å²) >= 11 is 11.8. The second kappa shape index (κ2) is 7.58. The maximum Gasteiger partial charge on any atom is 0.208 e. The monoisotopic (exact) mass is 467 g/mol. The molecule has 1 heterocycles. The molecule has 152 valence electrons. The van der Waals surface area contributed by atoms with Crippen LogP contribution in [0.25, 0.3) is 22.0 Å². The third-order valence-corrected chi connectivity index (χ3v) is 6.80. The van der Waals surface area contributed by atoms with E-state index in [0.717, 1.165) is 24.4 Å². The van der Waals surface area contributed by atoms with Crippen molar-refractivity contribution in [1.29, 1.82) is 0 Å². The van der Waals surface area contributed by atoms with Crippen LogP contribution in [0.15, 0.2) is 70.6 Å². The first-order chi connectivity index (χ1) is 14.2. The standard InChI is InChI=1S/C21H10Cl2F3NO2S/c22-12-3-1-11(2-4-12)21-14-8-17(25)15(23)9-19(14)27-10-20(21)30(28,29)13-5-6-16(24)18(26)7-13/h1-10H. The van der Waals surface area contributed by atoms with Gasteiger partial charge in [0.05, 0.1) is 20.3 Å². The molecule has 0 amide bonds. The molecule has 0 aliphatic heterocycles. The Morgan fingerprint density at radius 3 is 2.17 bits per heavy atom. The molecule has 0 bridgehead atoms. The van der Waals surface area contributed by atoms with Gasteiger partial charge in [-0.1, -0.05) is 35.3 Å². The number of pyridine rings is 1. The SMILES string of the molecule is O=S(=O)(c1ccc(F)c(F)c1)c1cnc2cc(Cl)c(F)cc2c1-c1ccc(Cl)cc1. The highest BCUT2D eigenvalue weighted by Gasteiger charge is 2.26. The zero-order valence-corrected chi connectivity index (χ0v) is 17.2. The normalized spacial score (nSPS) is 11.8. The fraction of sp³-hybridized carbons (Fsp3) is 0. The summed E-state index contributed by atoms with van der Waals surface area (Å²) in [5.74, 6) is -3.25. The topological polar surface area (TPSA) is 47.0 Å². The van der Waals surface area contributed by atoms with Crippen LogP contribution in [0.2, 0.25) is 10.0 Å². The number of nitrogens with zero attached hydrogens (tertiary/aromatic N) is 1. The first-order valence-corrected chi connectivity index (χ1v) is 10.7. The summed E-state index contributed by atoms with van der Waals surface area (Å²) < 4.78 is 67.8.